The molecule has 0 radical (unpaired) electrons. The van der Waals surface area contributed by atoms with Crippen molar-refractivity contribution >= 4 is 39.6 Å². The first kappa shape index (κ1) is 20.1. The van der Waals surface area contributed by atoms with E-state index in [1.165, 1.54) is 23.1 Å². The quantitative estimate of drug-likeness (QED) is 0.364. The van der Waals surface area contributed by atoms with Crippen LogP contribution in [-0.4, -0.2) is 32.4 Å². The number of halogens is 1. The summed E-state index contributed by atoms with van der Waals surface area (Å²) in [7, 11) is 0. The molecule has 10 heteroatoms. The minimum atomic E-state index is -0.551. The van der Waals surface area contributed by atoms with Gasteiger partial charge >= 0.3 is 29.6 Å². The fourth-order valence-corrected chi connectivity index (χ4v) is 3.49. The van der Waals surface area contributed by atoms with Crippen LogP contribution >= 0.6 is 0 Å². The molecule has 5 rings (SSSR count). The van der Waals surface area contributed by atoms with Gasteiger partial charge in [-0.2, -0.15) is 5.21 Å². The molecule has 1 aliphatic rings. The Balaban J connectivity index is 0.00000136. The number of fused-ring (bicyclic) bond motifs is 3. The molecule has 0 atom stereocenters. The molecular weight excluding hydrogens is 398 g/mol. The maximum Gasteiger partial charge on any atom is 1.00 e. The Morgan fingerprint density at radius 1 is 1.07 bits per heavy atom. The van der Waals surface area contributed by atoms with Crippen LogP contribution in [0.15, 0.2) is 54.6 Å². The van der Waals surface area contributed by atoms with Gasteiger partial charge in [0.25, 0.3) is 0 Å². The molecule has 0 saturated carbocycles. The van der Waals surface area contributed by atoms with E-state index >= 15 is 0 Å². The average Bonchev–Trinajstić information content (AvgIpc) is 3.21. The van der Waals surface area contributed by atoms with Crippen molar-refractivity contribution in [1.82, 2.24) is 20.6 Å². The minimum absolute atomic E-state index is 0. The third-order valence-corrected chi connectivity index (χ3v) is 4.77. The van der Waals surface area contributed by atoms with Gasteiger partial charge in [0, 0.05) is 11.1 Å². The van der Waals surface area contributed by atoms with Gasteiger partial charge in [-0.05, 0) is 34.9 Å². The van der Waals surface area contributed by atoms with Crippen molar-refractivity contribution in [3.63, 3.8) is 0 Å². The molecule has 0 saturated heterocycles. The van der Waals surface area contributed by atoms with E-state index in [9.17, 15) is 14.0 Å². The Bertz CT molecular complexity index is 1280. The van der Waals surface area contributed by atoms with Crippen LogP contribution < -0.4 is 39.8 Å². The number of carbonyl (C=O) groups excluding carboxylic acids is 2. The Kier molecular flexibility index (Phi) is 5.33. The number of nitrogens with zero attached hydrogens (tertiary/aromatic N) is 4. The molecular formula is C20H14FN6NaO2. The molecule has 144 valence electrons. The van der Waals surface area contributed by atoms with Gasteiger partial charge in [-0.15, -0.1) is 10.2 Å². The van der Waals surface area contributed by atoms with Gasteiger partial charge in [-0.25, -0.2) is 4.39 Å². The molecule has 2 amide bonds. The molecule has 0 aliphatic carbocycles. The fourth-order valence-electron chi connectivity index (χ4n) is 3.49. The number of aromatic nitrogens is 4. The number of tetrazole rings is 1. The molecule has 2 N–H and O–H groups in total. The van der Waals surface area contributed by atoms with Crippen LogP contribution in [0.3, 0.4) is 0 Å². The maximum absolute atomic E-state index is 14.4. The van der Waals surface area contributed by atoms with E-state index in [-0.39, 0.29) is 48.8 Å². The zero-order valence-electron chi connectivity index (χ0n) is 16.9. The van der Waals surface area contributed by atoms with Crippen molar-refractivity contribution in [2.24, 2.45) is 0 Å². The second-order valence-corrected chi connectivity index (χ2v) is 6.53. The molecule has 1 aromatic heterocycles. The Labute approximate surface area is 193 Å². The number of hydrogen-bond donors (Lipinski definition) is 2. The maximum atomic E-state index is 14.4. The van der Waals surface area contributed by atoms with Crippen LogP contribution in [0, 0.1) is 5.82 Å². The summed E-state index contributed by atoms with van der Waals surface area (Å²) in [6.07, 6.45) is -0.335. The van der Waals surface area contributed by atoms with Crippen LogP contribution in [0.1, 0.15) is 7.85 Å². The number of benzene rings is 3. The van der Waals surface area contributed by atoms with Gasteiger partial charge < -0.3 is 6.74 Å². The molecule has 0 spiro atoms. The van der Waals surface area contributed by atoms with Gasteiger partial charge in [0.15, 0.2) is 0 Å². The third kappa shape index (κ3) is 3.36. The van der Waals surface area contributed by atoms with Gasteiger partial charge in [-0.3, -0.25) is 14.5 Å². The van der Waals surface area contributed by atoms with Crippen molar-refractivity contribution in [3.05, 3.63) is 60.4 Å². The van der Waals surface area contributed by atoms with Gasteiger partial charge in [-0.1, -0.05) is 30.3 Å². The molecule has 0 unspecified atom stereocenters. The largest absolute Gasteiger partial charge is 1.00 e. The van der Waals surface area contributed by atoms with Crippen LogP contribution in [0.25, 0.3) is 22.2 Å². The Morgan fingerprint density at radius 2 is 1.90 bits per heavy atom. The summed E-state index contributed by atoms with van der Waals surface area (Å²) < 4.78 is 14.4. The van der Waals surface area contributed by atoms with Crippen molar-refractivity contribution < 1.29 is 45.0 Å². The van der Waals surface area contributed by atoms with E-state index in [1.807, 2.05) is 30.3 Å². The average molecular weight is 412 g/mol. The van der Waals surface area contributed by atoms with Gasteiger partial charge in [0.1, 0.15) is 12.2 Å². The number of anilines is 3. The van der Waals surface area contributed by atoms with Crippen molar-refractivity contribution in [2.75, 3.05) is 10.2 Å². The van der Waals surface area contributed by atoms with Crippen LogP contribution in [0.2, 0.25) is 0 Å². The fraction of sp³-hybridized carbons (Fsp3) is 0.0500. The van der Waals surface area contributed by atoms with Crippen LogP contribution in [0.5, 0.6) is 0 Å². The first-order chi connectivity index (χ1) is 14.1. The number of nitrogens with one attached hydrogen (secondary N) is 2. The predicted molar refractivity (Wildman–Crippen MR) is 105 cm³/mol. The van der Waals surface area contributed by atoms with E-state index in [1.54, 1.807) is 6.07 Å². The number of carbonyl (C=O) groups is 2. The van der Waals surface area contributed by atoms with Crippen LogP contribution in [0.4, 0.5) is 21.5 Å². The SMILES string of the molecule is O=C1CC(=O)N(c2ccc(F)c(-c3nn[nH]n3)c2)c2ccc3ccccc3c2N1.[H-].[Na+]. The molecule has 30 heavy (non-hydrogen) atoms. The Morgan fingerprint density at radius 3 is 2.70 bits per heavy atom. The second-order valence-electron chi connectivity index (χ2n) is 6.53. The van der Waals surface area contributed by atoms with Crippen LogP contribution in [-0.2, 0) is 9.59 Å². The number of amides is 2. The zero-order chi connectivity index (χ0) is 20.0. The van der Waals surface area contributed by atoms with E-state index < -0.39 is 17.6 Å². The minimum Gasteiger partial charge on any atom is -1.00 e. The summed E-state index contributed by atoms with van der Waals surface area (Å²) >= 11 is 0. The summed E-state index contributed by atoms with van der Waals surface area (Å²) in [5.74, 6) is -1.32. The topological polar surface area (TPSA) is 104 Å². The van der Waals surface area contributed by atoms with Gasteiger partial charge in [0.2, 0.25) is 17.6 Å². The summed E-state index contributed by atoms with van der Waals surface area (Å²) in [5.41, 5.74) is 1.52. The van der Waals surface area contributed by atoms with Crippen molar-refractivity contribution in [2.45, 2.75) is 6.42 Å². The smallest absolute Gasteiger partial charge is 1.00 e. The van der Waals surface area contributed by atoms with E-state index in [0.29, 0.717) is 17.1 Å². The van der Waals surface area contributed by atoms with E-state index in [4.69, 9.17) is 0 Å². The Hall–Kier alpha value is -3.14. The molecule has 1 aliphatic heterocycles. The summed E-state index contributed by atoms with van der Waals surface area (Å²) in [5, 5.41) is 17.9. The first-order valence-electron chi connectivity index (χ1n) is 8.80. The second kappa shape index (κ2) is 7.94. The molecule has 4 aromatic rings. The van der Waals surface area contributed by atoms with Crippen molar-refractivity contribution in [1.29, 1.82) is 0 Å². The molecule has 3 aromatic carbocycles. The standard InChI is InChI=1S/C20H13FN6O2.Na.H/c21-15-7-6-12(9-14(15)20-23-25-26-24-20)27-16-8-5-11-3-1-2-4-13(11)19(16)22-17(28)10-18(27)29;;/h1-9H,10H2,(H,22,28)(H,23,24,25,26);;/q;+1;-1. The van der Waals surface area contributed by atoms with Crippen molar-refractivity contribution in [3.8, 4) is 11.4 Å². The number of hydrogen-bond acceptors (Lipinski definition) is 5. The number of H-pyrrole nitrogens is 1. The molecule has 0 bridgehead atoms. The first-order valence-corrected chi connectivity index (χ1v) is 8.80. The number of rotatable bonds is 2. The van der Waals surface area contributed by atoms with E-state index in [0.717, 1.165) is 10.8 Å². The predicted octanol–water partition coefficient (Wildman–Crippen LogP) is 0.282. The van der Waals surface area contributed by atoms with E-state index in [2.05, 4.69) is 25.9 Å². The number of aromatic amines is 1. The molecule has 8 nitrogen and oxygen atoms in total. The summed E-state index contributed by atoms with van der Waals surface area (Å²) in [6.45, 7) is 0. The summed E-state index contributed by atoms with van der Waals surface area (Å²) in [4.78, 5) is 26.7. The normalized spacial score (nSPS) is 13.4. The summed E-state index contributed by atoms with van der Waals surface area (Å²) in [6, 6.07) is 15.4. The molecule has 0 fully saturated rings. The third-order valence-electron chi connectivity index (χ3n) is 4.77. The molecule has 2 heterocycles. The zero-order valence-corrected chi connectivity index (χ0v) is 17.9. The monoisotopic (exact) mass is 412 g/mol. The van der Waals surface area contributed by atoms with Gasteiger partial charge in [0.05, 0.1) is 16.9 Å².